The summed E-state index contributed by atoms with van der Waals surface area (Å²) in [5.74, 6) is 3.69. The van der Waals surface area contributed by atoms with E-state index in [0.717, 1.165) is 61.0 Å². The number of hydrogen-bond acceptors (Lipinski definition) is 6. The van der Waals surface area contributed by atoms with Gasteiger partial charge in [0.1, 0.15) is 5.76 Å². The molecule has 0 saturated heterocycles. The zero-order chi connectivity index (χ0) is 17.8. The molecule has 6 nitrogen and oxygen atoms in total. The minimum Gasteiger partial charge on any atom is -0.446 e. The van der Waals surface area contributed by atoms with Crippen molar-refractivity contribution in [2.45, 2.75) is 51.4 Å². The zero-order valence-corrected chi connectivity index (χ0v) is 15.1. The first-order valence-corrected chi connectivity index (χ1v) is 9.37. The van der Waals surface area contributed by atoms with Crippen LogP contribution in [0.1, 0.15) is 55.5 Å². The molecule has 0 amide bonds. The monoisotopic (exact) mass is 352 g/mol. The average molecular weight is 352 g/mol. The fourth-order valence-electron chi connectivity index (χ4n) is 2.95. The maximum absolute atomic E-state index is 5.49. The van der Waals surface area contributed by atoms with E-state index in [4.69, 9.17) is 8.94 Å². The molecule has 6 heteroatoms. The number of anilines is 1. The lowest BCUT2D eigenvalue weighted by atomic mass is 10.1. The number of hydrogen-bond donors (Lipinski definition) is 1. The first-order chi connectivity index (χ1) is 12.8. The van der Waals surface area contributed by atoms with Crippen LogP contribution >= 0.6 is 0 Å². The Balaban J connectivity index is 1.22. The summed E-state index contributed by atoms with van der Waals surface area (Å²) >= 11 is 0. The van der Waals surface area contributed by atoms with Crippen LogP contribution in [0.3, 0.4) is 0 Å². The van der Waals surface area contributed by atoms with E-state index in [0.29, 0.717) is 11.8 Å². The minimum absolute atomic E-state index is 0.508. The van der Waals surface area contributed by atoms with Crippen molar-refractivity contribution < 1.29 is 8.94 Å². The van der Waals surface area contributed by atoms with E-state index < -0.39 is 0 Å². The summed E-state index contributed by atoms with van der Waals surface area (Å²) in [7, 11) is 0. The third-order valence-electron chi connectivity index (χ3n) is 4.56. The second-order valence-electron chi connectivity index (χ2n) is 6.91. The molecule has 2 aromatic heterocycles. The predicted molar refractivity (Wildman–Crippen MR) is 99.0 cm³/mol. The molecule has 0 radical (unpaired) electrons. The van der Waals surface area contributed by atoms with Crippen molar-refractivity contribution in [3.63, 3.8) is 0 Å². The van der Waals surface area contributed by atoms with Gasteiger partial charge in [0.25, 0.3) is 5.89 Å². The first kappa shape index (κ1) is 16.8. The fourth-order valence-corrected chi connectivity index (χ4v) is 2.95. The quantitative estimate of drug-likeness (QED) is 0.561. The molecule has 3 aromatic rings. The summed E-state index contributed by atoms with van der Waals surface area (Å²) in [5.41, 5.74) is 2.05. The largest absolute Gasteiger partial charge is 0.446 e. The minimum atomic E-state index is 0.508. The number of nitrogens with one attached hydrogen (secondary N) is 1. The van der Waals surface area contributed by atoms with Crippen LogP contribution in [0.2, 0.25) is 0 Å². The van der Waals surface area contributed by atoms with Crippen LogP contribution in [0, 0.1) is 6.92 Å². The number of aryl methyl sites for hydroxylation is 2. The van der Waals surface area contributed by atoms with Crippen molar-refractivity contribution >= 4 is 5.69 Å². The maximum Gasteiger partial charge on any atom is 0.258 e. The topological polar surface area (TPSA) is 77.0 Å². The van der Waals surface area contributed by atoms with Crippen molar-refractivity contribution in [3.05, 3.63) is 47.9 Å². The molecule has 1 aliphatic rings. The Labute approximate surface area is 153 Å². The molecule has 1 N–H and O–H groups in total. The normalized spacial score (nSPS) is 13.9. The molecule has 0 spiro atoms. The van der Waals surface area contributed by atoms with Crippen molar-refractivity contribution in [1.82, 2.24) is 15.1 Å². The van der Waals surface area contributed by atoms with Crippen LogP contribution in [0.4, 0.5) is 5.69 Å². The smallest absolute Gasteiger partial charge is 0.258 e. The molecule has 136 valence electrons. The van der Waals surface area contributed by atoms with E-state index in [1.165, 1.54) is 12.8 Å². The number of aromatic nitrogens is 3. The van der Waals surface area contributed by atoms with Gasteiger partial charge in [0.05, 0.1) is 6.20 Å². The fraction of sp³-hybridized carbons (Fsp3) is 0.450. The third-order valence-corrected chi connectivity index (χ3v) is 4.56. The van der Waals surface area contributed by atoms with Gasteiger partial charge >= 0.3 is 0 Å². The number of oxazole rings is 1. The van der Waals surface area contributed by atoms with Gasteiger partial charge in [-0.25, -0.2) is 4.98 Å². The van der Waals surface area contributed by atoms with Gasteiger partial charge in [-0.05, 0) is 50.8 Å². The average Bonchev–Trinajstić information content (AvgIpc) is 3.23. The number of rotatable bonds is 9. The lowest BCUT2D eigenvalue weighted by Crippen LogP contribution is -2.01. The highest BCUT2D eigenvalue weighted by Crippen LogP contribution is 2.38. The van der Waals surface area contributed by atoms with E-state index >= 15 is 0 Å². The van der Waals surface area contributed by atoms with Crippen LogP contribution < -0.4 is 5.32 Å². The highest BCUT2D eigenvalue weighted by Gasteiger charge is 2.28. The Kier molecular flexibility index (Phi) is 5.00. The lowest BCUT2D eigenvalue weighted by molar-refractivity contribution is 0.422. The number of benzene rings is 1. The van der Waals surface area contributed by atoms with E-state index in [1.54, 1.807) is 6.20 Å². The summed E-state index contributed by atoms with van der Waals surface area (Å²) in [6.45, 7) is 2.86. The molecule has 0 unspecified atom stereocenters. The first-order valence-electron chi connectivity index (χ1n) is 9.37. The van der Waals surface area contributed by atoms with E-state index in [2.05, 4.69) is 32.6 Å². The molecule has 0 atom stereocenters. The Morgan fingerprint density at radius 3 is 2.92 bits per heavy atom. The zero-order valence-electron chi connectivity index (χ0n) is 15.1. The molecule has 1 aromatic carbocycles. The van der Waals surface area contributed by atoms with Crippen LogP contribution in [0.5, 0.6) is 0 Å². The van der Waals surface area contributed by atoms with E-state index in [1.807, 2.05) is 19.1 Å². The summed E-state index contributed by atoms with van der Waals surface area (Å²) in [4.78, 5) is 8.75. The number of unbranched alkanes of at least 4 members (excludes halogenated alkanes) is 2. The molecular weight excluding hydrogens is 328 g/mol. The SMILES string of the molecule is Cc1cnc(CCCCCNc2cccc(-c3nc(C4CC4)no3)c2)o1. The molecule has 1 fully saturated rings. The van der Waals surface area contributed by atoms with Gasteiger partial charge in [-0.2, -0.15) is 4.98 Å². The molecular formula is C20H24N4O2. The van der Waals surface area contributed by atoms with Crippen molar-refractivity contribution in [2.75, 3.05) is 11.9 Å². The van der Waals surface area contributed by atoms with Crippen molar-refractivity contribution in [3.8, 4) is 11.5 Å². The van der Waals surface area contributed by atoms with Gasteiger partial charge in [0, 0.05) is 30.1 Å². The van der Waals surface area contributed by atoms with Gasteiger partial charge in [-0.1, -0.05) is 17.6 Å². The number of nitrogens with zero attached hydrogens (tertiary/aromatic N) is 3. The van der Waals surface area contributed by atoms with Crippen molar-refractivity contribution in [2.24, 2.45) is 0 Å². The Hall–Kier alpha value is -2.63. The molecule has 4 rings (SSSR count). The van der Waals surface area contributed by atoms with Gasteiger partial charge in [0.15, 0.2) is 11.7 Å². The maximum atomic E-state index is 5.49. The standard InChI is InChI=1S/C20H24N4O2/c1-14-13-22-18(25-14)8-3-2-4-11-21-17-7-5-6-16(12-17)20-23-19(24-26-20)15-9-10-15/h5-7,12-13,15,21H,2-4,8-11H2,1H3. The summed E-state index contributed by atoms with van der Waals surface area (Å²) in [6.07, 6.45) is 8.38. The Morgan fingerprint density at radius 2 is 2.12 bits per heavy atom. The van der Waals surface area contributed by atoms with Crippen LogP contribution in [0.15, 0.2) is 39.4 Å². The lowest BCUT2D eigenvalue weighted by Gasteiger charge is -2.07. The van der Waals surface area contributed by atoms with Gasteiger partial charge in [0.2, 0.25) is 0 Å². The van der Waals surface area contributed by atoms with Gasteiger partial charge in [-0.3, -0.25) is 0 Å². The summed E-state index contributed by atoms with van der Waals surface area (Å²) in [5, 5.41) is 7.56. The second-order valence-corrected chi connectivity index (χ2v) is 6.91. The summed E-state index contributed by atoms with van der Waals surface area (Å²) in [6, 6.07) is 8.16. The van der Waals surface area contributed by atoms with Crippen molar-refractivity contribution in [1.29, 1.82) is 0 Å². The van der Waals surface area contributed by atoms with E-state index in [-0.39, 0.29) is 0 Å². The van der Waals surface area contributed by atoms with Gasteiger partial charge in [-0.15, -0.1) is 0 Å². The molecule has 1 aliphatic carbocycles. The van der Waals surface area contributed by atoms with Crippen LogP contribution in [-0.2, 0) is 6.42 Å². The molecule has 0 bridgehead atoms. The highest BCUT2D eigenvalue weighted by atomic mass is 16.5. The Morgan fingerprint density at radius 1 is 1.19 bits per heavy atom. The summed E-state index contributed by atoms with van der Waals surface area (Å²) < 4.78 is 10.9. The second kappa shape index (κ2) is 7.72. The molecule has 2 heterocycles. The molecule has 1 saturated carbocycles. The molecule has 26 heavy (non-hydrogen) atoms. The van der Waals surface area contributed by atoms with Gasteiger partial charge < -0.3 is 14.3 Å². The third kappa shape index (κ3) is 4.31. The predicted octanol–water partition coefficient (Wildman–Crippen LogP) is 4.74. The van der Waals surface area contributed by atoms with Crippen LogP contribution in [0.25, 0.3) is 11.5 Å². The van der Waals surface area contributed by atoms with E-state index in [9.17, 15) is 0 Å². The van der Waals surface area contributed by atoms with Crippen LogP contribution in [-0.4, -0.2) is 21.7 Å². The highest BCUT2D eigenvalue weighted by molar-refractivity contribution is 5.61. The Bertz CT molecular complexity index is 851. The molecule has 0 aliphatic heterocycles.